The van der Waals surface area contributed by atoms with Gasteiger partial charge in [-0.15, -0.1) is 5.10 Å². The summed E-state index contributed by atoms with van der Waals surface area (Å²) in [7, 11) is 1.61. The lowest BCUT2D eigenvalue weighted by Gasteiger charge is -2.42. The van der Waals surface area contributed by atoms with Gasteiger partial charge < -0.3 is 14.5 Å². The molecule has 0 bridgehead atoms. The molecule has 0 radical (unpaired) electrons. The highest BCUT2D eigenvalue weighted by molar-refractivity contribution is 5.68. The number of hydrogen-bond acceptors (Lipinski definition) is 5. The van der Waals surface area contributed by atoms with Crippen LogP contribution in [0.2, 0.25) is 0 Å². The molecule has 0 unspecified atom stereocenters. The molecule has 0 N–H and O–H groups in total. The SMILES string of the molecule is CC[C@@H]1C[C@H](N(Cc2cc(C(F)(F)F)cc(C(F)(F)F)c2)c2ncn(C)n2)CCN1C(=O)OC(C)C. The predicted octanol–water partition coefficient (Wildman–Crippen LogP) is 5.65. The second-order valence-corrected chi connectivity index (χ2v) is 9.13. The van der Waals surface area contributed by atoms with E-state index in [1.165, 1.54) is 11.0 Å². The first-order chi connectivity index (χ1) is 16.7. The fourth-order valence-electron chi connectivity index (χ4n) is 4.34. The van der Waals surface area contributed by atoms with Gasteiger partial charge in [-0.25, -0.2) is 9.78 Å². The van der Waals surface area contributed by atoms with Gasteiger partial charge in [0.25, 0.3) is 0 Å². The van der Waals surface area contributed by atoms with Crippen molar-refractivity contribution in [3.63, 3.8) is 0 Å². The van der Waals surface area contributed by atoms with E-state index in [4.69, 9.17) is 4.74 Å². The van der Waals surface area contributed by atoms with E-state index >= 15 is 0 Å². The number of amides is 1. The molecule has 1 fully saturated rings. The lowest BCUT2D eigenvalue weighted by Crippen LogP contribution is -2.52. The maximum Gasteiger partial charge on any atom is 0.416 e. The van der Waals surface area contributed by atoms with Crippen LogP contribution in [0, 0.1) is 0 Å². The van der Waals surface area contributed by atoms with E-state index in [0.29, 0.717) is 25.8 Å². The molecule has 1 saturated heterocycles. The zero-order valence-corrected chi connectivity index (χ0v) is 20.4. The highest BCUT2D eigenvalue weighted by atomic mass is 19.4. The average Bonchev–Trinajstić information content (AvgIpc) is 3.21. The number of anilines is 1. The topological polar surface area (TPSA) is 63.5 Å². The summed E-state index contributed by atoms with van der Waals surface area (Å²) >= 11 is 0. The first-order valence-corrected chi connectivity index (χ1v) is 11.6. The van der Waals surface area contributed by atoms with Crippen LogP contribution in [0.1, 0.15) is 56.7 Å². The van der Waals surface area contributed by atoms with Crippen LogP contribution in [0.15, 0.2) is 24.5 Å². The average molecular weight is 522 g/mol. The smallest absolute Gasteiger partial charge is 0.416 e. The number of piperidine rings is 1. The molecular formula is C23H29F6N5O2. The number of halogens is 6. The third-order valence-corrected chi connectivity index (χ3v) is 6.02. The lowest BCUT2D eigenvalue weighted by molar-refractivity contribution is -0.143. The zero-order chi connectivity index (χ0) is 26.8. The normalized spacial score (nSPS) is 19.0. The van der Waals surface area contributed by atoms with Crippen molar-refractivity contribution in [2.45, 2.75) is 77.1 Å². The Morgan fingerprint density at radius 3 is 2.22 bits per heavy atom. The fourth-order valence-corrected chi connectivity index (χ4v) is 4.34. The van der Waals surface area contributed by atoms with Gasteiger partial charge >= 0.3 is 18.4 Å². The summed E-state index contributed by atoms with van der Waals surface area (Å²) < 4.78 is 87.1. The molecule has 2 aromatic rings. The van der Waals surface area contributed by atoms with E-state index < -0.39 is 29.6 Å². The molecule has 2 atom stereocenters. The summed E-state index contributed by atoms with van der Waals surface area (Å²) in [5.41, 5.74) is -2.92. The largest absolute Gasteiger partial charge is 0.447 e. The molecule has 13 heteroatoms. The molecule has 2 heterocycles. The van der Waals surface area contributed by atoms with Gasteiger partial charge in [-0.1, -0.05) is 6.92 Å². The van der Waals surface area contributed by atoms with Crippen molar-refractivity contribution in [1.82, 2.24) is 19.7 Å². The van der Waals surface area contributed by atoms with Crippen molar-refractivity contribution in [3.8, 4) is 0 Å². The Labute approximate surface area is 205 Å². The monoisotopic (exact) mass is 521 g/mol. The number of likely N-dealkylation sites (tertiary alicyclic amines) is 1. The molecule has 200 valence electrons. The maximum absolute atomic E-state index is 13.4. The summed E-state index contributed by atoms with van der Waals surface area (Å²) in [5.74, 6) is 0.182. The highest BCUT2D eigenvalue weighted by Crippen LogP contribution is 2.37. The first-order valence-electron chi connectivity index (χ1n) is 11.6. The number of ether oxygens (including phenoxy) is 1. The van der Waals surface area contributed by atoms with Crippen molar-refractivity contribution in [2.75, 3.05) is 11.4 Å². The summed E-state index contributed by atoms with van der Waals surface area (Å²) in [4.78, 5) is 20.0. The molecule has 0 spiro atoms. The summed E-state index contributed by atoms with van der Waals surface area (Å²) in [6, 6.07) is 0.992. The summed E-state index contributed by atoms with van der Waals surface area (Å²) in [5, 5.41) is 4.25. The summed E-state index contributed by atoms with van der Waals surface area (Å²) in [6.45, 7) is 5.42. The van der Waals surface area contributed by atoms with E-state index in [9.17, 15) is 31.1 Å². The molecule has 1 aliphatic heterocycles. The van der Waals surface area contributed by atoms with Crippen molar-refractivity contribution < 1.29 is 35.9 Å². The zero-order valence-electron chi connectivity index (χ0n) is 20.4. The van der Waals surface area contributed by atoms with Gasteiger partial charge in [-0.05, 0) is 56.9 Å². The van der Waals surface area contributed by atoms with Gasteiger partial charge in [-0.2, -0.15) is 26.3 Å². The number of rotatable bonds is 6. The molecule has 1 aromatic heterocycles. The van der Waals surface area contributed by atoms with Crippen molar-refractivity contribution in [1.29, 1.82) is 0 Å². The van der Waals surface area contributed by atoms with Gasteiger partial charge in [0.1, 0.15) is 6.33 Å². The van der Waals surface area contributed by atoms with Crippen LogP contribution in [0.3, 0.4) is 0 Å². The maximum atomic E-state index is 13.4. The Bertz CT molecular complexity index is 1020. The Morgan fingerprint density at radius 1 is 1.14 bits per heavy atom. The number of aryl methyl sites for hydroxylation is 1. The Kier molecular flexibility index (Phi) is 8.09. The van der Waals surface area contributed by atoms with Crippen molar-refractivity contribution >= 4 is 12.0 Å². The Balaban J connectivity index is 1.95. The van der Waals surface area contributed by atoms with Crippen LogP contribution in [0.25, 0.3) is 0 Å². The van der Waals surface area contributed by atoms with Crippen molar-refractivity contribution in [2.24, 2.45) is 7.05 Å². The van der Waals surface area contributed by atoms with Crippen LogP contribution in [0.5, 0.6) is 0 Å². The van der Waals surface area contributed by atoms with E-state index in [0.717, 1.165) is 12.1 Å². The first kappa shape index (κ1) is 27.6. The number of alkyl halides is 6. The van der Waals surface area contributed by atoms with E-state index in [2.05, 4.69) is 10.1 Å². The van der Waals surface area contributed by atoms with Gasteiger partial charge in [0.15, 0.2) is 0 Å². The van der Waals surface area contributed by atoms with Crippen LogP contribution in [-0.2, 0) is 30.7 Å². The number of carbonyl (C=O) groups is 1. The molecular weight excluding hydrogens is 492 g/mol. The summed E-state index contributed by atoms with van der Waals surface area (Å²) in [6.07, 6.45) is -7.81. The Hall–Kier alpha value is -2.99. The number of carbonyl (C=O) groups excluding carboxylic acids is 1. The standard InChI is InChI=1S/C23H29F6N5O2/c1-5-18-11-19(6-7-33(18)21(35)36-14(2)3)34(20-30-13-32(4)31-20)12-15-8-16(22(24,25)26)10-17(9-15)23(27,28)29/h8-10,13-14,18-19H,5-7,11-12H2,1-4H3/t18-,19-/m1/s1. The lowest BCUT2D eigenvalue weighted by atomic mass is 9.94. The molecule has 36 heavy (non-hydrogen) atoms. The van der Waals surface area contributed by atoms with E-state index in [1.807, 2.05) is 6.92 Å². The molecule has 0 aliphatic carbocycles. The van der Waals surface area contributed by atoms with Gasteiger partial charge in [0, 0.05) is 32.2 Å². The van der Waals surface area contributed by atoms with Gasteiger partial charge in [-0.3, -0.25) is 4.68 Å². The quantitative estimate of drug-likeness (QED) is 0.460. The molecule has 3 rings (SSSR count). The van der Waals surface area contributed by atoms with Crippen LogP contribution in [0.4, 0.5) is 37.1 Å². The molecule has 1 aromatic carbocycles. The second kappa shape index (κ2) is 10.6. The number of aromatic nitrogens is 3. The number of nitrogens with zero attached hydrogens (tertiary/aromatic N) is 5. The van der Waals surface area contributed by atoms with Gasteiger partial charge in [0.2, 0.25) is 5.95 Å². The highest BCUT2D eigenvalue weighted by Gasteiger charge is 2.39. The van der Waals surface area contributed by atoms with Gasteiger partial charge in [0.05, 0.1) is 17.2 Å². The predicted molar refractivity (Wildman–Crippen MR) is 119 cm³/mol. The number of hydrogen-bond donors (Lipinski definition) is 0. The van der Waals surface area contributed by atoms with Crippen LogP contribution < -0.4 is 4.90 Å². The van der Waals surface area contributed by atoms with Crippen LogP contribution in [-0.4, -0.2) is 50.5 Å². The molecule has 1 amide bonds. The minimum atomic E-state index is -4.94. The minimum absolute atomic E-state index is 0.110. The fraction of sp³-hybridized carbons (Fsp3) is 0.609. The Morgan fingerprint density at radius 2 is 1.75 bits per heavy atom. The molecule has 0 saturated carbocycles. The van der Waals surface area contributed by atoms with E-state index in [-0.39, 0.29) is 42.3 Å². The third-order valence-electron chi connectivity index (χ3n) is 6.02. The number of benzene rings is 1. The van der Waals surface area contributed by atoms with Crippen molar-refractivity contribution in [3.05, 3.63) is 41.2 Å². The third kappa shape index (κ3) is 6.61. The molecule has 7 nitrogen and oxygen atoms in total. The van der Waals surface area contributed by atoms with E-state index in [1.54, 1.807) is 30.7 Å². The second-order valence-electron chi connectivity index (χ2n) is 9.13. The molecule has 1 aliphatic rings. The minimum Gasteiger partial charge on any atom is -0.447 e. The van der Waals surface area contributed by atoms with Crippen LogP contribution >= 0.6 is 0 Å².